The van der Waals surface area contributed by atoms with Gasteiger partial charge in [0.1, 0.15) is 12.2 Å². The van der Waals surface area contributed by atoms with E-state index in [0.29, 0.717) is 6.54 Å². The lowest BCUT2D eigenvalue weighted by molar-refractivity contribution is 0.0890. The zero-order chi connectivity index (χ0) is 21.5. The Hall–Kier alpha value is -2.14. The third-order valence-corrected chi connectivity index (χ3v) is 5.87. The first-order valence-electron chi connectivity index (χ1n) is 11.3. The molecule has 9 heteroatoms. The fourth-order valence-corrected chi connectivity index (χ4v) is 4.12. The first-order valence-corrected chi connectivity index (χ1v) is 11.3. The van der Waals surface area contributed by atoms with Crippen molar-refractivity contribution in [2.75, 3.05) is 19.7 Å². The van der Waals surface area contributed by atoms with Crippen LogP contribution in [-0.2, 0) is 24.1 Å². The molecule has 3 N–H and O–H groups in total. The molecule has 0 bridgehead atoms. The van der Waals surface area contributed by atoms with Crippen molar-refractivity contribution in [2.24, 2.45) is 4.99 Å². The molecule has 0 aliphatic carbocycles. The zero-order valence-corrected chi connectivity index (χ0v) is 21.2. The van der Waals surface area contributed by atoms with E-state index in [4.69, 9.17) is 9.73 Å². The maximum absolute atomic E-state index is 5.85. The maximum atomic E-state index is 5.85. The first-order chi connectivity index (χ1) is 15.2. The summed E-state index contributed by atoms with van der Waals surface area (Å²) in [6, 6.07) is 8.61. The summed E-state index contributed by atoms with van der Waals surface area (Å²) in [5.74, 6) is 1.83. The molecule has 3 aromatic rings. The smallest absolute Gasteiger partial charge is 0.191 e. The van der Waals surface area contributed by atoms with Gasteiger partial charge < -0.3 is 24.9 Å². The minimum absolute atomic E-state index is 0. The predicted molar refractivity (Wildman–Crippen MR) is 139 cm³/mol. The van der Waals surface area contributed by atoms with Gasteiger partial charge in [-0.25, -0.2) is 0 Å². The van der Waals surface area contributed by atoms with Gasteiger partial charge in [-0.1, -0.05) is 25.1 Å². The number of aryl methyl sites for hydroxylation is 1. The minimum atomic E-state index is 0. The summed E-state index contributed by atoms with van der Waals surface area (Å²) >= 11 is 0. The van der Waals surface area contributed by atoms with Gasteiger partial charge in [-0.05, 0) is 37.8 Å². The Morgan fingerprint density at radius 1 is 1.38 bits per heavy atom. The summed E-state index contributed by atoms with van der Waals surface area (Å²) in [6.07, 6.45) is 8.11. The molecule has 4 rings (SSSR count). The maximum Gasteiger partial charge on any atom is 0.191 e. The van der Waals surface area contributed by atoms with Crippen LogP contribution >= 0.6 is 24.0 Å². The fraction of sp³-hybridized carbons (Fsp3) is 0.522. The monoisotopic (exact) mass is 551 g/mol. The van der Waals surface area contributed by atoms with Gasteiger partial charge in [0.25, 0.3) is 0 Å². The molecule has 1 aromatic carbocycles. The van der Waals surface area contributed by atoms with Crippen LogP contribution in [0.1, 0.15) is 38.1 Å². The first kappa shape index (κ1) is 24.5. The number of para-hydroxylation sites is 1. The van der Waals surface area contributed by atoms with Gasteiger partial charge in [0.05, 0.1) is 12.1 Å². The number of H-pyrrole nitrogens is 1. The summed E-state index contributed by atoms with van der Waals surface area (Å²) in [5.41, 5.74) is 2.47. The van der Waals surface area contributed by atoms with E-state index in [-0.39, 0.29) is 36.1 Å². The number of hydrogen-bond acceptors (Lipinski definition) is 4. The topological polar surface area (TPSA) is 92.2 Å². The lowest BCUT2D eigenvalue weighted by atomic mass is 10.1. The van der Waals surface area contributed by atoms with Crippen molar-refractivity contribution in [2.45, 2.75) is 58.2 Å². The largest absolute Gasteiger partial charge is 0.376 e. The van der Waals surface area contributed by atoms with E-state index in [1.807, 2.05) is 0 Å². The fourth-order valence-electron chi connectivity index (χ4n) is 4.12. The van der Waals surface area contributed by atoms with Gasteiger partial charge in [0, 0.05) is 49.8 Å². The molecule has 0 radical (unpaired) electrons. The average Bonchev–Trinajstić information content (AvgIpc) is 3.54. The van der Waals surface area contributed by atoms with Crippen molar-refractivity contribution in [3.63, 3.8) is 0 Å². The van der Waals surface area contributed by atoms with Crippen LogP contribution in [0.15, 0.2) is 41.8 Å². The van der Waals surface area contributed by atoms with E-state index in [2.05, 4.69) is 74.7 Å². The number of halogens is 1. The molecule has 1 saturated heterocycles. The molecule has 1 aliphatic rings. The van der Waals surface area contributed by atoms with Crippen molar-refractivity contribution < 1.29 is 4.74 Å². The molecule has 0 saturated carbocycles. The highest BCUT2D eigenvalue weighted by Gasteiger charge is 2.23. The predicted octanol–water partition coefficient (Wildman–Crippen LogP) is 3.29. The second kappa shape index (κ2) is 12.2. The molecule has 8 nitrogen and oxygen atoms in total. The van der Waals surface area contributed by atoms with Crippen molar-refractivity contribution in [1.29, 1.82) is 0 Å². The SMILES string of the molecule is CCc1nncn1CCNC(=NCCc1c[nH]c2ccccc12)NC(C)C1CCCO1.I. The van der Waals surface area contributed by atoms with Crippen LogP contribution in [0.3, 0.4) is 0 Å². The number of benzene rings is 1. The number of aromatic amines is 1. The van der Waals surface area contributed by atoms with E-state index in [0.717, 1.165) is 57.2 Å². The number of fused-ring (bicyclic) bond motifs is 1. The second-order valence-electron chi connectivity index (χ2n) is 8.05. The van der Waals surface area contributed by atoms with Crippen molar-refractivity contribution >= 4 is 40.8 Å². The van der Waals surface area contributed by atoms with Crippen LogP contribution in [0.4, 0.5) is 0 Å². The quantitative estimate of drug-likeness (QED) is 0.216. The lowest BCUT2D eigenvalue weighted by Gasteiger charge is -2.23. The number of guanidine groups is 1. The molecule has 0 amide bonds. The number of aliphatic imine (C=N–C) groups is 1. The molecule has 1 aliphatic heterocycles. The number of ether oxygens (including phenoxy) is 1. The molecule has 32 heavy (non-hydrogen) atoms. The molecule has 0 spiro atoms. The van der Waals surface area contributed by atoms with Gasteiger partial charge >= 0.3 is 0 Å². The average molecular weight is 551 g/mol. The number of rotatable bonds is 9. The summed E-state index contributed by atoms with van der Waals surface area (Å²) in [6.45, 7) is 7.38. The Kier molecular flexibility index (Phi) is 9.34. The molecule has 1 fully saturated rings. The van der Waals surface area contributed by atoms with Crippen LogP contribution < -0.4 is 10.6 Å². The molecule has 2 unspecified atom stereocenters. The molecular weight excluding hydrogens is 517 g/mol. The van der Waals surface area contributed by atoms with E-state index >= 15 is 0 Å². The highest BCUT2D eigenvalue weighted by Crippen LogP contribution is 2.18. The number of aromatic nitrogens is 4. The Bertz CT molecular complexity index is 993. The molecule has 3 heterocycles. The Morgan fingerprint density at radius 3 is 3.06 bits per heavy atom. The Labute approximate surface area is 206 Å². The summed E-state index contributed by atoms with van der Waals surface area (Å²) < 4.78 is 7.93. The summed E-state index contributed by atoms with van der Waals surface area (Å²) in [7, 11) is 0. The Balaban J connectivity index is 0.00000289. The second-order valence-corrected chi connectivity index (χ2v) is 8.05. The van der Waals surface area contributed by atoms with Gasteiger partial charge in [0.2, 0.25) is 0 Å². The van der Waals surface area contributed by atoms with E-state index in [9.17, 15) is 0 Å². The van der Waals surface area contributed by atoms with Gasteiger partial charge in [-0.2, -0.15) is 0 Å². The molecule has 174 valence electrons. The third kappa shape index (κ3) is 6.22. The van der Waals surface area contributed by atoms with E-state index in [1.165, 1.54) is 16.5 Å². The number of nitrogens with zero attached hydrogens (tertiary/aromatic N) is 4. The van der Waals surface area contributed by atoms with E-state index < -0.39 is 0 Å². The summed E-state index contributed by atoms with van der Waals surface area (Å²) in [5, 5.41) is 16.5. The summed E-state index contributed by atoms with van der Waals surface area (Å²) in [4.78, 5) is 8.21. The van der Waals surface area contributed by atoms with Crippen LogP contribution in [0.25, 0.3) is 10.9 Å². The van der Waals surface area contributed by atoms with Crippen molar-refractivity contribution in [1.82, 2.24) is 30.4 Å². The van der Waals surface area contributed by atoms with Gasteiger partial charge in [-0.3, -0.25) is 4.99 Å². The molecule has 2 aromatic heterocycles. The third-order valence-electron chi connectivity index (χ3n) is 5.87. The van der Waals surface area contributed by atoms with Gasteiger partial charge in [0.15, 0.2) is 5.96 Å². The molecular formula is C23H34IN7O. The zero-order valence-electron chi connectivity index (χ0n) is 18.9. The van der Waals surface area contributed by atoms with Crippen LogP contribution in [0.2, 0.25) is 0 Å². The molecule has 2 atom stereocenters. The van der Waals surface area contributed by atoms with Crippen molar-refractivity contribution in [3.8, 4) is 0 Å². The lowest BCUT2D eigenvalue weighted by Crippen LogP contribution is -2.47. The van der Waals surface area contributed by atoms with Crippen molar-refractivity contribution in [3.05, 3.63) is 48.2 Å². The van der Waals surface area contributed by atoms with Crippen LogP contribution in [0.5, 0.6) is 0 Å². The Morgan fingerprint density at radius 2 is 2.25 bits per heavy atom. The normalized spacial score (nSPS) is 17.3. The highest BCUT2D eigenvalue weighted by molar-refractivity contribution is 14.0. The van der Waals surface area contributed by atoms with Crippen LogP contribution in [0, 0.1) is 0 Å². The van der Waals surface area contributed by atoms with E-state index in [1.54, 1.807) is 6.33 Å². The van der Waals surface area contributed by atoms with Crippen LogP contribution in [-0.4, -0.2) is 57.6 Å². The standard InChI is InChI=1S/C23H33N7O.HI/c1-3-22-29-27-16-30(22)13-12-25-23(28-17(2)21-9-6-14-31-21)24-11-10-18-15-26-20-8-5-4-7-19(18)20;/h4-5,7-8,15-17,21,26H,3,6,9-14H2,1-2H3,(H2,24,25,28);1H. The number of nitrogens with one attached hydrogen (secondary N) is 3. The minimum Gasteiger partial charge on any atom is -0.376 e. The highest BCUT2D eigenvalue weighted by atomic mass is 127. The van der Waals surface area contributed by atoms with Gasteiger partial charge in [-0.15, -0.1) is 34.2 Å². The number of hydrogen-bond donors (Lipinski definition) is 3.